The van der Waals surface area contributed by atoms with Gasteiger partial charge in [-0.05, 0) is 27.7 Å². The minimum Gasteiger partial charge on any atom is -0.338 e. The van der Waals surface area contributed by atoms with Gasteiger partial charge in [0, 0.05) is 5.54 Å². The lowest BCUT2D eigenvalue weighted by Gasteiger charge is -2.18. The van der Waals surface area contributed by atoms with Crippen LogP contribution in [0.3, 0.4) is 0 Å². The molecule has 0 amide bonds. The zero-order valence-electron chi connectivity index (χ0n) is 8.01. The van der Waals surface area contributed by atoms with Crippen LogP contribution in [-0.2, 0) is 6.54 Å². The molecule has 0 unspecified atom stereocenters. The van der Waals surface area contributed by atoms with Crippen LogP contribution in [0.2, 0.25) is 0 Å². The van der Waals surface area contributed by atoms with E-state index in [1.54, 1.807) is 0 Å². The molecule has 0 aliphatic rings. The summed E-state index contributed by atoms with van der Waals surface area (Å²) in [7, 11) is 0. The highest BCUT2D eigenvalue weighted by Gasteiger charge is 2.10. The van der Waals surface area contributed by atoms with Gasteiger partial charge in [0.1, 0.15) is 0 Å². The first-order valence-corrected chi connectivity index (χ1v) is 4.01. The minimum absolute atomic E-state index is 0.0857. The summed E-state index contributed by atoms with van der Waals surface area (Å²) in [5.41, 5.74) is 0.0857. The van der Waals surface area contributed by atoms with Crippen LogP contribution in [0.5, 0.6) is 0 Å². The minimum atomic E-state index is 0.0857. The highest BCUT2D eigenvalue weighted by molar-refractivity contribution is 4.84. The summed E-state index contributed by atoms with van der Waals surface area (Å²) >= 11 is 0. The Morgan fingerprint density at radius 2 is 2.08 bits per heavy atom. The Hall–Kier alpha value is -0.900. The molecule has 12 heavy (non-hydrogen) atoms. The zero-order chi connectivity index (χ0) is 9.19. The largest absolute Gasteiger partial charge is 0.338 e. The highest BCUT2D eigenvalue weighted by Crippen LogP contribution is 2.01. The van der Waals surface area contributed by atoms with Crippen molar-refractivity contribution in [1.29, 1.82) is 0 Å². The Labute approximate surface area is 72.4 Å². The van der Waals surface area contributed by atoms with Crippen LogP contribution in [0.1, 0.15) is 32.5 Å². The highest BCUT2D eigenvalue weighted by atomic mass is 16.5. The molecule has 0 bridgehead atoms. The maximum atomic E-state index is 4.94. The Morgan fingerprint density at radius 1 is 1.42 bits per heavy atom. The van der Waals surface area contributed by atoms with E-state index in [1.165, 1.54) is 0 Å². The third kappa shape index (κ3) is 3.00. The van der Waals surface area contributed by atoms with Gasteiger partial charge in [0.05, 0.1) is 6.54 Å². The molecular weight excluding hydrogens is 154 g/mol. The fraction of sp³-hybridized carbons (Fsp3) is 0.750. The summed E-state index contributed by atoms with van der Waals surface area (Å²) in [4.78, 5) is 4.07. The Kier molecular flexibility index (Phi) is 2.47. The predicted molar refractivity (Wildman–Crippen MR) is 45.6 cm³/mol. The number of hydrogen-bond acceptors (Lipinski definition) is 4. The molecular formula is C8H15N3O. The lowest BCUT2D eigenvalue weighted by molar-refractivity contribution is 0.334. The smallest absolute Gasteiger partial charge is 0.240 e. The second kappa shape index (κ2) is 3.23. The molecule has 0 saturated carbocycles. The second-order valence-electron chi connectivity index (χ2n) is 3.84. The fourth-order valence-electron chi connectivity index (χ4n) is 0.753. The summed E-state index contributed by atoms with van der Waals surface area (Å²) in [6.45, 7) is 8.72. The standard InChI is InChI=1S/C8H15N3O/c1-6-10-7(12-11-6)5-9-8(2,3)4/h9H,5H2,1-4H3. The van der Waals surface area contributed by atoms with Crippen molar-refractivity contribution in [3.63, 3.8) is 0 Å². The van der Waals surface area contributed by atoms with Crippen LogP contribution in [0.4, 0.5) is 0 Å². The Bertz CT molecular complexity index is 249. The molecule has 0 radical (unpaired) electrons. The molecule has 0 spiro atoms. The van der Waals surface area contributed by atoms with Gasteiger partial charge in [-0.2, -0.15) is 4.98 Å². The molecule has 0 saturated heterocycles. The van der Waals surface area contributed by atoms with E-state index in [2.05, 4.69) is 36.2 Å². The molecule has 4 nitrogen and oxygen atoms in total. The van der Waals surface area contributed by atoms with Gasteiger partial charge in [-0.15, -0.1) is 0 Å². The zero-order valence-corrected chi connectivity index (χ0v) is 8.01. The maximum Gasteiger partial charge on any atom is 0.240 e. The van der Waals surface area contributed by atoms with Gasteiger partial charge in [-0.3, -0.25) is 0 Å². The number of hydrogen-bond donors (Lipinski definition) is 1. The number of nitrogens with zero attached hydrogens (tertiary/aromatic N) is 2. The van der Waals surface area contributed by atoms with Crippen LogP contribution in [0.15, 0.2) is 4.52 Å². The first kappa shape index (κ1) is 9.19. The van der Waals surface area contributed by atoms with E-state index in [0.29, 0.717) is 18.3 Å². The SMILES string of the molecule is Cc1noc(CNC(C)(C)C)n1. The lowest BCUT2D eigenvalue weighted by atomic mass is 10.1. The average Bonchev–Trinajstić information content (AvgIpc) is 2.30. The molecule has 1 aromatic rings. The summed E-state index contributed by atoms with van der Waals surface area (Å²) in [5.74, 6) is 1.32. The van der Waals surface area contributed by atoms with Crippen molar-refractivity contribution in [2.75, 3.05) is 0 Å². The van der Waals surface area contributed by atoms with Crippen molar-refractivity contribution in [2.45, 2.75) is 39.8 Å². The molecule has 0 fully saturated rings. The van der Waals surface area contributed by atoms with Crippen molar-refractivity contribution in [1.82, 2.24) is 15.5 Å². The average molecular weight is 169 g/mol. The molecule has 1 aromatic heterocycles. The molecule has 1 N–H and O–H groups in total. The second-order valence-corrected chi connectivity index (χ2v) is 3.84. The predicted octanol–water partition coefficient (Wildman–Crippen LogP) is 1.27. The summed E-state index contributed by atoms with van der Waals surface area (Å²) < 4.78 is 4.94. The van der Waals surface area contributed by atoms with E-state index in [0.717, 1.165) is 0 Å². The van der Waals surface area contributed by atoms with Crippen molar-refractivity contribution in [2.24, 2.45) is 0 Å². The van der Waals surface area contributed by atoms with Crippen LogP contribution in [-0.4, -0.2) is 15.7 Å². The van der Waals surface area contributed by atoms with Gasteiger partial charge in [-0.25, -0.2) is 0 Å². The normalized spacial score (nSPS) is 12.0. The van der Waals surface area contributed by atoms with Crippen molar-refractivity contribution in [3.05, 3.63) is 11.7 Å². The lowest BCUT2D eigenvalue weighted by Crippen LogP contribution is -2.35. The molecule has 1 rings (SSSR count). The quantitative estimate of drug-likeness (QED) is 0.724. The van der Waals surface area contributed by atoms with Crippen LogP contribution in [0, 0.1) is 6.92 Å². The molecule has 4 heteroatoms. The number of rotatable bonds is 2. The van der Waals surface area contributed by atoms with Crippen LogP contribution < -0.4 is 5.32 Å². The summed E-state index contributed by atoms with van der Waals surface area (Å²) in [6.07, 6.45) is 0. The van der Waals surface area contributed by atoms with Crippen molar-refractivity contribution >= 4 is 0 Å². The molecule has 0 atom stereocenters. The first-order chi connectivity index (χ1) is 5.47. The maximum absolute atomic E-state index is 4.94. The first-order valence-electron chi connectivity index (χ1n) is 4.01. The van der Waals surface area contributed by atoms with Crippen molar-refractivity contribution in [3.8, 4) is 0 Å². The summed E-state index contributed by atoms with van der Waals surface area (Å²) in [6, 6.07) is 0. The van der Waals surface area contributed by atoms with Crippen molar-refractivity contribution < 1.29 is 4.52 Å². The van der Waals surface area contributed by atoms with Gasteiger partial charge in [0.25, 0.3) is 0 Å². The molecule has 68 valence electrons. The fourth-order valence-corrected chi connectivity index (χ4v) is 0.753. The summed E-state index contributed by atoms with van der Waals surface area (Å²) in [5, 5.41) is 6.95. The van der Waals surface area contributed by atoms with Crippen LogP contribution >= 0.6 is 0 Å². The van der Waals surface area contributed by atoms with E-state index >= 15 is 0 Å². The third-order valence-corrected chi connectivity index (χ3v) is 1.34. The number of aromatic nitrogens is 2. The Morgan fingerprint density at radius 3 is 2.50 bits per heavy atom. The van der Waals surface area contributed by atoms with Crippen LogP contribution in [0.25, 0.3) is 0 Å². The molecule has 1 heterocycles. The van der Waals surface area contributed by atoms with Gasteiger partial charge >= 0.3 is 0 Å². The van der Waals surface area contributed by atoms with E-state index in [4.69, 9.17) is 4.52 Å². The van der Waals surface area contributed by atoms with Gasteiger partial charge in [0.15, 0.2) is 5.82 Å². The van der Waals surface area contributed by atoms with Gasteiger partial charge in [-0.1, -0.05) is 5.16 Å². The number of aryl methyl sites for hydroxylation is 1. The van der Waals surface area contributed by atoms with E-state index in [1.807, 2.05) is 6.92 Å². The van der Waals surface area contributed by atoms with E-state index in [9.17, 15) is 0 Å². The van der Waals surface area contributed by atoms with E-state index in [-0.39, 0.29) is 5.54 Å². The van der Waals surface area contributed by atoms with Gasteiger partial charge < -0.3 is 9.84 Å². The number of nitrogens with one attached hydrogen (secondary N) is 1. The molecule has 0 aliphatic heterocycles. The Balaban J connectivity index is 2.44. The third-order valence-electron chi connectivity index (χ3n) is 1.34. The monoisotopic (exact) mass is 169 g/mol. The van der Waals surface area contributed by atoms with E-state index < -0.39 is 0 Å². The molecule has 0 aliphatic carbocycles. The topological polar surface area (TPSA) is 51.0 Å². The molecule has 0 aromatic carbocycles. The van der Waals surface area contributed by atoms with Gasteiger partial charge in [0.2, 0.25) is 5.89 Å².